The van der Waals surface area contributed by atoms with Crippen molar-refractivity contribution in [2.24, 2.45) is 0 Å². The van der Waals surface area contributed by atoms with E-state index < -0.39 is 12.1 Å². The predicted octanol–water partition coefficient (Wildman–Crippen LogP) is 17.6. The van der Waals surface area contributed by atoms with Crippen LogP contribution in [0.25, 0.3) is 0 Å². The number of hydrogen-bond donors (Lipinski definition) is 3. The zero-order valence-electron chi connectivity index (χ0n) is 43.7. The minimum atomic E-state index is -0.845. The Morgan fingerprint density at radius 3 is 1.21 bits per heavy atom. The highest BCUT2D eigenvalue weighted by Gasteiger charge is 2.18. The van der Waals surface area contributed by atoms with Crippen LogP contribution in [-0.4, -0.2) is 47.4 Å². The molecule has 0 heterocycles. The van der Waals surface area contributed by atoms with Crippen molar-refractivity contribution in [2.45, 2.75) is 296 Å². The fourth-order valence-electron chi connectivity index (χ4n) is 8.35. The Morgan fingerprint density at radius 1 is 0.424 bits per heavy atom. The van der Waals surface area contributed by atoms with Gasteiger partial charge in [-0.2, -0.15) is 0 Å². The lowest BCUT2D eigenvalue weighted by atomic mass is 10.0. The molecule has 66 heavy (non-hydrogen) atoms. The number of esters is 1. The van der Waals surface area contributed by atoms with Crippen molar-refractivity contribution in [3.8, 4) is 0 Å². The number of hydrogen-bond acceptors (Lipinski definition) is 5. The van der Waals surface area contributed by atoms with E-state index in [1.54, 1.807) is 6.08 Å². The molecule has 0 saturated heterocycles. The lowest BCUT2D eigenvalue weighted by Crippen LogP contribution is -2.45. The van der Waals surface area contributed by atoms with Gasteiger partial charge in [-0.15, -0.1) is 0 Å². The van der Waals surface area contributed by atoms with Gasteiger partial charge in [-0.1, -0.05) is 242 Å². The van der Waals surface area contributed by atoms with E-state index in [4.69, 9.17) is 4.74 Å². The van der Waals surface area contributed by atoms with Crippen LogP contribution in [0.4, 0.5) is 0 Å². The number of amides is 1. The number of ether oxygens (including phenoxy) is 1. The standard InChI is InChI=1S/C60H109NO5/c1-3-5-7-9-11-13-14-30-34-38-42-46-50-54-60(65)66-55-51-47-43-39-35-32-29-27-25-23-21-19-17-15-16-18-20-22-24-26-28-31-33-37-41-45-49-53-59(64)61-57(56-62)58(63)52-48-44-40-36-12-10-8-6-4-2/h7,9,13-16,19,21,48,52,57-58,62-63H,3-6,8,10-12,17-18,20,22-47,49-51,53-56H2,1-2H3,(H,61,64)/b9-7-,14-13-,16-15-,21-19-,52-48+. The Balaban J connectivity index is 3.43. The van der Waals surface area contributed by atoms with Gasteiger partial charge in [0.15, 0.2) is 0 Å². The summed E-state index contributed by atoms with van der Waals surface area (Å²) < 4.78 is 5.46. The number of aliphatic hydroxyl groups excluding tert-OH is 2. The predicted molar refractivity (Wildman–Crippen MR) is 287 cm³/mol. The molecule has 0 spiro atoms. The van der Waals surface area contributed by atoms with E-state index in [0.717, 1.165) is 57.8 Å². The third-order valence-corrected chi connectivity index (χ3v) is 12.7. The molecule has 384 valence electrons. The van der Waals surface area contributed by atoms with Crippen LogP contribution in [-0.2, 0) is 14.3 Å². The van der Waals surface area contributed by atoms with Gasteiger partial charge in [0, 0.05) is 12.8 Å². The van der Waals surface area contributed by atoms with Gasteiger partial charge in [0.05, 0.1) is 25.4 Å². The van der Waals surface area contributed by atoms with Crippen LogP contribution < -0.4 is 5.32 Å². The van der Waals surface area contributed by atoms with E-state index in [9.17, 15) is 19.8 Å². The zero-order chi connectivity index (χ0) is 47.9. The van der Waals surface area contributed by atoms with Gasteiger partial charge in [0.1, 0.15) is 0 Å². The van der Waals surface area contributed by atoms with E-state index in [1.807, 2.05) is 6.08 Å². The Kier molecular flexibility index (Phi) is 53.1. The molecule has 6 heteroatoms. The van der Waals surface area contributed by atoms with E-state index in [1.165, 1.54) is 199 Å². The summed E-state index contributed by atoms with van der Waals surface area (Å²) >= 11 is 0. The normalized spacial score (nSPS) is 13.1. The molecule has 0 aromatic rings. The Labute approximate surface area is 409 Å². The maximum absolute atomic E-state index is 12.4. The smallest absolute Gasteiger partial charge is 0.305 e. The van der Waals surface area contributed by atoms with Gasteiger partial charge in [-0.25, -0.2) is 0 Å². The molecule has 2 unspecified atom stereocenters. The summed E-state index contributed by atoms with van der Waals surface area (Å²) in [5, 5.41) is 22.9. The summed E-state index contributed by atoms with van der Waals surface area (Å²) in [5.41, 5.74) is 0. The second-order valence-electron chi connectivity index (χ2n) is 19.3. The van der Waals surface area contributed by atoms with Crippen molar-refractivity contribution in [3.05, 3.63) is 60.8 Å². The monoisotopic (exact) mass is 924 g/mol. The van der Waals surface area contributed by atoms with Crippen molar-refractivity contribution in [1.82, 2.24) is 5.32 Å². The second kappa shape index (κ2) is 55.2. The third kappa shape index (κ3) is 51.0. The molecule has 0 saturated carbocycles. The summed E-state index contributed by atoms with van der Waals surface area (Å²) in [7, 11) is 0. The SMILES string of the molecule is CCC/C=C\C/C=C\CCCCCCCC(=O)OCCCCCCCCCCC/C=C\C/C=C\CCCCCCCCCCCCCC(=O)NC(CO)C(O)/C=C/CCCCCCCCC. The van der Waals surface area contributed by atoms with Crippen LogP contribution in [0.15, 0.2) is 60.8 Å². The molecular weight excluding hydrogens is 815 g/mol. The molecule has 1 amide bonds. The van der Waals surface area contributed by atoms with Crippen LogP contribution >= 0.6 is 0 Å². The second-order valence-corrected chi connectivity index (χ2v) is 19.3. The van der Waals surface area contributed by atoms with Crippen LogP contribution in [0.2, 0.25) is 0 Å². The van der Waals surface area contributed by atoms with Crippen molar-refractivity contribution in [1.29, 1.82) is 0 Å². The minimum absolute atomic E-state index is 0.00621. The average molecular weight is 925 g/mol. The number of unbranched alkanes of at least 4 members (excludes halogenated alkanes) is 33. The van der Waals surface area contributed by atoms with Gasteiger partial charge < -0.3 is 20.3 Å². The molecule has 0 aromatic heterocycles. The van der Waals surface area contributed by atoms with Crippen molar-refractivity contribution in [3.63, 3.8) is 0 Å². The van der Waals surface area contributed by atoms with Gasteiger partial charge in [0.25, 0.3) is 0 Å². The van der Waals surface area contributed by atoms with Gasteiger partial charge in [-0.05, 0) is 89.9 Å². The molecular formula is C60H109NO5. The molecule has 0 fully saturated rings. The highest BCUT2D eigenvalue weighted by Crippen LogP contribution is 2.15. The van der Waals surface area contributed by atoms with Crippen molar-refractivity contribution >= 4 is 11.9 Å². The molecule has 0 aromatic carbocycles. The zero-order valence-corrected chi connectivity index (χ0v) is 43.7. The first-order valence-corrected chi connectivity index (χ1v) is 28.6. The van der Waals surface area contributed by atoms with Gasteiger partial charge in [-0.3, -0.25) is 9.59 Å². The van der Waals surface area contributed by atoms with Crippen molar-refractivity contribution in [2.75, 3.05) is 13.2 Å². The molecule has 0 aliphatic heterocycles. The van der Waals surface area contributed by atoms with Gasteiger partial charge >= 0.3 is 5.97 Å². The summed E-state index contributed by atoms with van der Waals surface area (Å²) in [6.45, 7) is 4.79. The number of carbonyl (C=O) groups is 2. The highest BCUT2D eigenvalue weighted by atomic mass is 16.5. The Bertz CT molecular complexity index is 1160. The first-order valence-electron chi connectivity index (χ1n) is 28.6. The quantitative estimate of drug-likeness (QED) is 0.0321. The lowest BCUT2D eigenvalue weighted by molar-refractivity contribution is -0.143. The van der Waals surface area contributed by atoms with E-state index in [2.05, 4.69) is 67.8 Å². The molecule has 6 nitrogen and oxygen atoms in total. The first-order chi connectivity index (χ1) is 32.5. The van der Waals surface area contributed by atoms with E-state index in [0.29, 0.717) is 19.4 Å². The van der Waals surface area contributed by atoms with Gasteiger partial charge in [0.2, 0.25) is 5.91 Å². The average Bonchev–Trinajstić information content (AvgIpc) is 3.32. The van der Waals surface area contributed by atoms with Crippen LogP contribution in [0.5, 0.6) is 0 Å². The minimum Gasteiger partial charge on any atom is -0.466 e. The largest absolute Gasteiger partial charge is 0.466 e. The summed E-state index contributed by atoms with van der Waals surface area (Å²) in [5.74, 6) is -0.0812. The Morgan fingerprint density at radius 2 is 0.788 bits per heavy atom. The van der Waals surface area contributed by atoms with Crippen molar-refractivity contribution < 1.29 is 24.5 Å². The topological polar surface area (TPSA) is 95.9 Å². The van der Waals surface area contributed by atoms with Crippen LogP contribution in [0.1, 0.15) is 284 Å². The number of aliphatic hydroxyl groups is 2. The summed E-state index contributed by atoms with van der Waals surface area (Å²) in [6, 6.07) is -0.629. The molecule has 3 N–H and O–H groups in total. The van der Waals surface area contributed by atoms with E-state index in [-0.39, 0.29) is 18.5 Å². The molecule has 2 atom stereocenters. The summed E-state index contributed by atoms with van der Waals surface area (Å²) in [4.78, 5) is 24.4. The maximum Gasteiger partial charge on any atom is 0.305 e. The molecule has 0 radical (unpaired) electrons. The maximum atomic E-state index is 12.4. The van der Waals surface area contributed by atoms with Crippen LogP contribution in [0, 0.1) is 0 Å². The molecule has 0 rings (SSSR count). The summed E-state index contributed by atoms with van der Waals surface area (Å²) in [6.07, 6.45) is 71.2. The van der Waals surface area contributed by atoms with E-state index >= 15 is 0 Å². The number of carbonyl (C=O) groups excluding carboxylic acids is 2. The molecule has 0 aliphatic carbocycles. The number of rotatable bonds is 52. The fourth-order valence-corrected chi connectivity index (χ4v) is 8.35. The Hall–Kier alpha value is -2.44. The van der Waals surface area contributed by atoms with Crippen LogP contribution in [0.3, 0.4) is 0 Å². The molecule has 0 aliphatic rings. The molecule has 0 bridgehead atoms. The highest BCUT2D eigenvalue weighted by molar-refractivity contribution is 5.76. The lowest BCUT2D eigenvalue weighted by Gasteiger charge is -2.20. The fraction of sp³-hybridized carbons (Fsp3) is 0.800. The number of allylic oxidation sites excluding steroid dienone is 9. The first kappa shape index (κ1) is 63.6. The third-order valence-electron chi connectivity index (χ3n) is 12.7. The number of nitrogens with one attached hydrogen (secondary N) is 1.